The van der Waals surface area contributed by atoms with Gasteiger partial charge in [-0.15, -0.1) is 0 Å². The normalized spacial score (nSPS) is 15.1. The molecule has 2 bridgehead atoms. The number of aromatic nitrogens is 1. The van der Waals surface area contributed by atoms with E-state index in [1.165, 1.54) is 19.2 Å². The summed E-state index contributed by atoms with van der Waals surface area (Å²) in [6.45, 7) is -2.97. The van der Waals surface area contributed by atoms with Crippen LogP contribution < -0.4 is 15.4 Å². The molecule has 1 aliphatic heterocycles. The monoisotopic (exact) mass is 591 g/mol. The third kappa shape index (κ3) is 6.86. The molecular formula is C32H28ClF2N3O4. The minimum atomic E-state index is -2.97. The van der Waals surface area contributed by atoms with Crippen LogP contribution in [0.25, 0.3) is 22.3 Å². The zero-order valence-electron chi connectivity index (χ0n) is 22.7. The molecule has 10 heteroatoms. The van der Waals surface area contributed by atoms with Crippen molar-refractivity contribution in [2.24, 2.45) is 0 Å². The molecule has 42 heavy (non-hydrogen) atoms. The number of benzene rings is 3. The summed E-state index contributed by atoms with van der Waals surface area (Å²) in [7, 11) is 1.28. The maximum atomic E-state index is 13.0. The molecule has 1 aliphatic rings. The molecule has 1 aromatic heterocycles. The van der Waals surface area contributed by atoms with Gasteiger partial charge in [-0.05, 0) is 60.4 Å². The number of anilines is 2. The second-order valence-corrected chi connectivity index (χ2v) is 10.3. The first-order chi connectivity index (χ1) is 20.3. The van der Waals surface area contributed by atoms with Crippen molar-refractivity contribution in [1.29, 1.82) is 0 Å². The molecule has 1 atom stereocenters. The number of hydrogen-bond acceptors (Lipinski definition) is 5. The Labute approximate surface area is 246 Å². The van der Waals surface area contributed by atoms with Crippen LogP contribution in [0.4, 0.5) is 25.0 Å². The van der Waals surface area contributed by atoms with E-state index in [4.69, 9.17) is 26.1 Å². The largest absolute Gasteiger partial charge is 0.453 e. The van der Waals surface area contributed by atoms with Crippen molar-refractivity contribution in [2.75, 3.05) is 17.7 Å². The molecular weight excluding hydrogens is 564 g/mol. The summed E-state index contributed by atoms with van der Waals surface area (Å²) < 4.78 is 35.4. The van der Waals surface area contributed by atoms with Gasteiger partial charge in [0.2, 0.25) is 5.91 Å². The summed E-state index contributed by atoms with van der Waals surface area (Å²) in [4.78, 5) is 29.3. The first-order valence-corrected chi connectivity index (χ1v) is 13.8. The average Bonchev–Trinajstić information content (AvgIpc) is 2.98. The highest BCUT2D eigenvalue weighted by atomic mass is 35.5. The van der Waals surface area contributed by atoms with Gasteiger partial charge in [0.1, 0.15) is 5.75 Å². The van der Waals surface area contributed by atoms with E-state index in [1.807, 2.05) is 36.4 Å². The van der Waals surface area contributed by atoms with Gasteiger partial charge in [0.25, 0.3) is 0 Å². The second-order valence-electron chi connectivity index (χ2n) is 9.84. The Morgan fingerprint density at radius 3 is 2.64 bits per heavy atom. The topological polar surface area (TPSA) is 89.6 Å². The van der Waals surface area contributed by atoms with Crippen LogP contribution >= 0.6 is 11.6 Å². The van der Waals surface area contributed by atoms with Crippen molar-refractivity contribution < 1.29 is 27.8 Å². The summed E-state index contributed by atoms with van der Waals surface area (Å²) in [5.41, 5.74) is 5.65. The third-order valence-electron chi connectivity index (χ3n) is 7.08. The number of methoxy groups -OCH3 is 1. The number of nitrogens with zero attached hydrogens (tertiary/aromatic N) is 1. The van der Waals surface area contributed by atoms with Gasteiger partial charge in [-0.1, -0.05) is 54.4 Å². The number of carbonyl (C=O) groups excluding carboxylic acids is 2. The number of amides is 2. The smallest absolute Gasteiger partial charge is 0.411 e. The fraction of sp³-hybridized carbons (Fsp3) is 0.219. The number of ether oxygens (including phenoxy) is 2. The summed E-state index contributed by atoms with van der Waals surface area (Å²) in [5.74, 6) is -0.170. The Kier molecular flexibility index (Phi) is 8.97. The van der Waals surface area contributed by atoms with Crippen LogP contribution in [-0.2, 0) is 9.53 Å². The third-order valence-corrected chi connectivity index (χ3v) is 7.32. The van der Waals surface area contributed by atoms with E-state index >= 15 is 0 Å². The van der Waals surface area contributed by atoms with Crippen molar-refractivity contribution in [3.05, 3.63) is 95.3 Å². The van der Waals surface area contributed by atoms with E-state index in [2.05, 4.69) is 16.7 Å². The molecule has 2 amide bonds. The van der Waals surface area contributed by atoms with Crippen molar-refractivity contribution >= 4 is 35.0 Å². The van der Waals surface area contributed by atoms with Crippen LogP contribution in [0.3, 0.4) is 0 Å². The van der Waals surface area contributed by atoms with Gasteiger partial charge in [-0.3, -0.25) is 15.1 Å². The van der Waals surface area contributed by atoms with E-state index in [-0.39, 0.29) is 17.6 Å². The lowest BCUT2D eigenvalue weighted by molar-refractivity contribution is -0.116. The number of alkyl halides is 2. The number of nitrogens with one attached hydrogen (secondary N) is 2. The van der Waals surface area contributed by atoms with Gasteiger partial charge in [-0.2, -0.15) is 8.78 Å². The second kappa shape index (κ2) is 13.0. The number of fused-ring (bicyclic) bond motifs is 4. The van der Waals surface area contributed by atoms with Crippen LogP contribution in [0.5, 0.6) is 5.75 Å². The van der Waals surface area contributed by atoms with Gasteiger partial charge in [0, 0.05) is 51.6 Å². The van der Waals surface area contributed by atoms with Gasteiger partial charge in [0.15, 0.2) is 0 Å². The summed E-state index contributed by atoms with van der Waals surface area (Å²) >= 11 is 6.15. The standard InChI is InChI=1S/C32H28ClF2N3O4/c1-41-32(40)37-23-11-12-25-20-6-4-5-19(15-20)24(7-2-3-8-30(39)38-28(25)17-23)27-13-9-21(18-36-27)26-16-22(33)10-14-29(26)42-31(34)35/h4-6,9-18,24,31H,2-3,7-8H2,1H3,(H,37,40)(H,38,39). The SMILES string of the molecule is COC(=O)Nc1ccc2c(c1)NC(=O)CCCCC(c1ccc(-c3cc(Cl)ccc3OC(F)F)cn1)c1cccc-2c1. The lowest BCUT2D eigenvalue weighted by atomic mass is 9.87. The average molecular weight is 592 g/mol. The molecule has 216 valence electrons. The Hall–Kier alpha value is -4.50. The van der Waals surface area contributed by atoms with Crippen molar-refractivity contribution in [1.82, 2.24) is 4.98 Å². The van der Waals surface area contributed by atoms with Crippen LogP contribution in [0.1, 0.15) is 42.9 Å². The van der Waals surface area contributed by atoms with E-state index in [9.17, 15) is 18.4 Å². The maximum absolute atomic E-state index is 13.0. The highest BCUT2D eigenvalue weighted by Gasteiger charge is 2.20. The maximum Gasteiger partial charge on any atom is 0.411 e. The van der Waals surface area contributed by atoms with E-state index in [0.717, 1.165) is 35.2 Å². The highest BCUT2D eigenvalue weighted by molar-refractivity contribution is 6.31. The number of rotatable bonds is 5. The molecule has 1 unspecified atom stereocenters. The highest BCUT2D eigenvalue weighted by Crippen LogP contribution is 2.38. The molecule has 0 radical (unpaired) electrons. The minimum absolute atomic E-state index is 0.0181. The Bertz CT molecular complexity index is 1600. The predicted octanol–water partition coefficient (Wildman–Crippen LogP) is 8.49. The Morgan fingerprint density at radius 2 is 1.88 bits per heavy atom. The number of pyridine rings is 1. The molecule has 0 saturated carbocycles. The fourth-order valence-corrected chi connectivity index (χ4v) is 5.27. The lowest BCUT2D eigenvalue weighted by Gasteiger charge is -2.21. The van der Waals surface area contributed by atoms with E-state index in [1.54, 1.807) is 24.4 Å². The molecule has 7 nitrogen and oxygen atoms in total. The molecule has 5 rings (SSSR count). The van der Waals surface area contributed by atoms with Crippen LogP contribution in [0, 0.1) is 0 Å². The fourth-order valence-electron chi connectivity index (χ4n) is 5.10. The quantitative estimate of drug-likeness (QED) is 0.243. The van der Waals surface area contributed by atoms with Crippen molar-refractivity contribution in [3.8, 4) is 28.0 Å². The molecule has 4 aromatic rings. The van der Waals surface area contributed by atoms with Crippen molar-refractivity contribution in [2.45, 2.75) is 38.2 Å². The van der Waals surface area contributed by atoms with Crippen molar-refractivity contribution in [3.63, 3.8) is 0 Å². The number of carbonyl (C=O) groups is 2. The molecule has 2 N–H and O–H groups in total. The van der Waals surface area contributed by atoms with Crippen LogP contribution in [0.2, 0.25) is 5.02 Å². The van der Waals surface area contributed by atoms with E-state index in [0.29, 0.717) is 40.4 Å². The Morgan fingerprint density at radius 1 is 1.02 bits per heavy atom. The zero-order chi connectivity index (χ0) is 29.6. The van der Waals surface area contributed by atoms with Crippen LogP contribution in [0.15, 0.2) is 79.0 Å². The predicted molar refractivity (Wildman–Crippen MR) is 158 cm³/mol. The zero-order valence-corrected chi connectivity index (χ0v) is 23.5. The molecule has 0 spiro atoms. The molecule has 3 aromatic carbocycles. The van der Waals surface area contributed by atoms with Gasteiger partial charge < -0.3 is 14.8 Å². The minimum Gasteiger partial charge on any atom is -0.453 e. The first kappa shape index (κ1) is 29.0. The summed E-state index contributed by atoms with van der Waals surface area (Å²) in [5, 5.41) is 6.02. The Balaban J connectivity index is 1.51. The molecule has 0 fully saturated rings. The molecule has 2 heterocycles. The lowest BCUT2D eigenvalue weighted by Crippen LogP contribution is -2.14. The number of halogens is 3. The summed E-state index contributed by atoms with van der Waals surface area (Å²) in [6.07, 6.45) is 3.58. The van der Waals surface area contributed by atoms with Gasteiger partial charge in [0.05, 0.1) is 12.8 Å². The van der Waals surface area contributed by atoms with E-state index < -0.39 is 12.7 Å². The number of hydrogen-bond donors (Lipinski definition) is 2. The summed E-state index contributed by atoms with van der Waals surface area (Å²) in [6, 6.07) is 21.6. The first-order valence-electron chi connectivity index (χ1n) is 13.4. The van der Waals surface area contributed by atoms with Gasteiger partial charge >= 0.3 is 12.7 Å². The van der Waals surface area contributed by atoms with Gasteiger partial charge in [-0.25, -0.2) is 4.79 Å². The van der Waals surface area contributed by atoms with Crippen LogP contribution in [-0.4, -0.2) is 30.7 Å². The molecule has 0 aliphatic carbocycles. The molecule has 0 saturated heterocycles.